The Morgan fingerprint density at radius 1 is 1.06 bits per heavy atom. The average Bonchev–Trinajstić information content (AvgIpc) is 2.26. The van der Waals surface area contributed by atoms with Crippen molar-refractivity contribution in [2.45, 2.75) is 25.9 Å². The highest BCUT2D eigenvalue weighted by Crippen LogP contribution is 2.30. The third-order valence-corrected chi connectivity index (χ3v) is 2.43. The molecule has 1 aromatic heterocycles. The van der Waals surface area contributed by atoms with Gasteiger partial charge in [0.1, 0.15) is 0 Å². The smallest absolute Gasteiger partial charge is 0.229 e. The fraction of sp³-hybridized carbons (Fsp3) is 0.333. The van der Waals surface area contributed by atoms with E-state index in [1.165, 1.54) is 0 Å². The van der Waals surface area contributed by atoms with Crippen LogP contribution >= 0.6 is 0 Å². The molecule has 1 heterocycles. The van der Waals surface area contributed by atoms with E-state index in [1.54, 1.807) is 24.3 Å². The molecule has 0 aliphatic carbocycles. The van der Waals surface area contributed by atoms with Crippen LogP contribution in [0.25, 0.3) is 10.9 Å². The van der Waals surface area contributed by atoms with Gasteiger partial charge in [0.25, 0.3) is 0 Å². The number of fused-ring (bicyclic) bond motifs is 1. The van der Waals surface area contributed by atoms with E-state index in [2.05, 4.69) is 9.97 Å². The Bertz CT molecular complexity index is 547. The first-order chi connectivity index (χ1) is 7.89. The van der Waals surface area contributed by atoms with E-state index >= 15 is 0 Å². The van der Waals surface area contributed by atoms with Crippen LogP contribution in [-0.4, -0.2) is 9.97 Å². The molecular weight excluding hydrogens is 229 g/mol. The highest BCUT2D eigenvalue weighted by molar-refractivity contribution is 5.81. The van der Waals surface area contributed by atoms with Crippen molar-refractivity contribution in [1.29, 1.82) is 0 Å². The van der Waals surface area contributed by atoms with Gasteiger partial charge in [0.15, 0.2) is 0 Å². The van der Waals surface area contributed by atoms with E-state index in [9.17, 15) is 13.2 Å². The van der Waals surface area contributed by atoms with E-state index in [0.717, 1.165) is 0 Å². The fourth-order valence-corrected chi connectivity index (χ4v) is 1.67. The van der Waals surface area contributed by atoms with Crippen molar-refractivity contribution in [3.63, 3.8) is 0 Å². The van der Waals surface area contributed by atoms with Crippen LogP contribution in [0.5, 0.6) is 0 Å². The van der Waals surface area contributed by atoms with Crippen molar-refractivity contribution in [3.05, 3.63) is 35.8 Å². The van der Waals surface area contributed by atoms with Crippen LogP contribution in [0.1, 0.15) is 31.3 Å². The van der Waals surface area contributed by atoms with Crippen LogP contribution in [0.2, 0.25) is 0 Å². The molecule has 0 amide bonds. The lowest BCUT2D eigenvalue weighted by Crippen LogP contribution is -2.13. The van der Waals surface area contributed by atoms with Gasteiger partial charge in [-0.2, -0.15) is 13.2 Å². The molecule has 2 nitrogen and oxygen atoms in total. The lowest BCUT2D eigenvalue weighted by molar-refractivity contribution is -0.144. The second-order valence-corrected chi connectivity index (χ2v) is 4.10. The summed E-state index contributed by atoms with van der Waals surface area (Å²) in [6.07, 6.45) is -4.51. The summed E-state index contributed by atoms with van der Waals surface area (Å²) in [5, 5.41) is 0.676. The SMILES string of the molecule is CC(C)c1nc(C(F)(F)F)nc2ccccc12. The molecule has 1 aromatic carbocycles. The van der Waals surface area contributed by atoms with Crippen LogP contribution < -0.4 is 0 Å². The number of nitrogens with zero attached hydrogens (tertiary/aromatic N) is 2. The van der Waals surface area contributed by atoms with E-state index in [4.69, 9.17) is 0 Å². The van der Waals surface area contributed by atoms with Crippen LogP contribution in [0.4, 0.5) is 13.2 Å². The van der Waals surface area contributed by atoms with Crippen molar-refractivity contribution in [3.8, 4) is 0 Å². The molecule has 0 saturated heterocycles. The lowest BCUT2D eigenvalue weighted by atomic mass is 10.0. The summed E-state index contributed by atoms with van der Waals surface area (Å²) < 4.78 is 37.9. The molecular formula is C12H11F3N2. The van der Waals surface area contributed by atoms with Crippen LogP contribution in [-0.2, 0) is 6.18 Å². The maximum Gasteiger partial charge on any atom is 0.451 e. The Balaban J connectivity index is 2.76. The number of hydrogen-bond donors (Lipinski definition) is 0. The molecule has 0 fully saturated rings. The first kappa shape index (κ1) is 11.8. The predicted molar refractivity (Wildman–Crippen MR) is 58.6 cm³/mol. The van der Waals surface area contributed by atoms with Gasteiger partial charge < -0.3 is 0 Å². The summed E-state index contributed by atoms with van der Waals surface area (Å²) in [5.41, 5.74) is 0.765. The van der Waals surface area contributed by atoms with Gasteiger partial charge in [-0.05, 0) is 12.0 Å². The summed E-state index contributed by atoms with van der Waals surface area (Å²) in [5.74, 6) is -1.15. The molecule has 2 aromatic rings. The Labute approximate surface area is 96.5 Å². The number of halogens is 3. The Kier molecular flexibility index (Phi) is 2.77. The van der Waals surface area contributed by atoms with E-state index in [0.29, 0.717) is 16.6 Å². The molecule has 90 valence electrons. The van der Waals surface area contributed by atoms with E-state index < -0.39 is 12.0 Å². The fourth-order valence-electron chi connectivity index (χ4n) is 1.67. The van der Waals surface area contributed by atoms with Crippen molar-refractivity contribution in [2.75, 3.05) is 0 Å². The quantitative estimate of drug-likeness (QED) is 0.758. The molecule has 0 aliphatic heterocycles. The van der Waals surface area contributed by atoms with Crippen molar-refractivity contribution in [2.24, 2.45) is 0 Å². The average molecular weight is 240 g/mol. The minimum atomic E-state index is -4.51. The number of para-hydroxylation sites is 1. The van der Waals surface area contributed by atoms with Gasteiger partial charge in [0, 0.05) is 5.39 Å². The third-order valence-electron chi connectivity index (χ3n) is 2.43. The molecule has 17 heavy (non-hydrogen) atoms. The minimum absolute atomic E-state index is 0.0796. The largest absolute Gasteiger partial charge is 0.451 e. The molecule has 0 unspecified atom stereocenters. The first-order valence-corrected chi connectivity index (χ1v) is 5.23. The zero-order valence-corrected chi connectivity index (χ0v) is 9.42. The van der Waals surface area contributed by atoms with E-state index in [1.807, 2.05) is 13.8 Å². The highest BCUT2D eigenvalue weighted by atomic mass is 19.4. The number of rotatable bonds is 1. The monoisotopic (exact) mass is 240 g/mol. The number of hydrogen-bond acceptors (Lipinski definition) is 2. The van der Waals surface area contributed by atoms with Crippen LogP contribution in [0.15, 0.2) is 24.3 Å². The van der Waals surface area contributed by atoms with Gasteiger partial charge in [-0.15, -0.1) is 0 Å². The Morgan fingerprint density at radius 2 is 1.71 bits per heavy atom. The first-order valence-electron chi connectivity index (χ1n) is 5.23. The molecule has 0 saturated carbocycles. The lowest BCUT2D eigenvalue weighted by Gasteiger charge is -2.12. The Hall–Kier alpha value is -1.65. The molecule has 0 radical (unpaired) electrons. The second kappa shape index (κ2) is 3.98. The summed E-state index contributed by atoms with van der Waals surface area (Å²) in [6, 6.07) is 6.74. The molecule has 0 bridgehead atoms. The molecule has 2 rings (SSSR count). The maximum atomic E-state index is 12.6. The zero-order valence-electron chi connectivity index (χ0n) is 9.42. The van der Waals surface area contributed by atoms with Crippen molar-refractivity contribution < 1.29 is 13.2 Å². The standard InChI is InChI=1S/C12H11F3N2/c1-7(2)10-8-5-3-4-6-9(8)16-11(17-10)12(13,14)15/h3-7H,1-2H3. The Morgan fingerprint density at radius 3 is 2.29 bits per heavy atom. The van der Waals surface area contributed by atoms with Crippen molar-refractivity contribution in [1.82, 2.24) is 9.97 Å². The van der Waals surface area contributed by atoms with E-state index in [-0.39, 0.29) is 5.92 Å². The van der Waals surface area contributed by atoms with Crippen LogP contribution in [0, 0.1) is 0 Å². The summed E-state index contributed by atoms with van der Waals surface area (Å²) in [7, 11) is 0. The van der Waals surface area contributed by atoms with Gasteiger partial charge in [0.05, 0.1) is 11.2 Å². The van der Waals surface area contributed by atoms with Gasteiger partial charge in [0.2, 0.25) is 5.82 Å². The topological polar surface area (TPSA) is 25.8 Å². The maximum absolute atomic E-state index is 12.6. The molecule has 0 N–H and O–H groups in total. The predicted octanol–water partition coefficient (Wildman–Crippen LogP) is 3.77. The molecule has 0 spiro atoms. The molecule has 0 atom stereocenters. The van der Waals surface area contributed by atoms with Gasteiger partial charge in [-0.3, -0.25) is 0 Å². The summed E-state index contributed by atoms with van der Waals surface area (Å²) in [4.78, 5) is 7.19. The highest BCUT2D eigenvalue weighted by Gasteiger charge is 2.35. The molecule has 5 heteroatoms. The van der Waals surface area contributed by atoms with Crippen LogP contribution in [0.3, 0.4) is 0 Å². The van der Waals surface area contributed by atoms with Crippen molar-refractivity contribution >= 4 is 10.9 Å². The number of aromatic nitrogens is 2. The normalized spacial score (nSPS) is 12.4. The summed E-state index contributed by atoms with van der Waals surface area (Å²) in [6.45, 7) is 3.63. The second-order valence-electron chi connectivity index (χ2n) is 4.10. The van der Waals surface area contributed by atoms with Gasteiger partial charge in [-0.1, -0.05) is 32.0 Å². The number of alkyl halides is 3. The minimum Gasteiger partial charge on any atom is -0.229 e. The molecule has 0 aliphatic rings. The summed E-state index contributed by atoms with van der Waals surface area (Å²) >= 11 is 0. The van der Waals surface area contributed by atoms with Gasteiger partial charge >= 0.3 is 6.18 Å². The zero-order chi connectivity index (χ0) is 12.6. The number of benzene rings is 1. The third kappa shape index (κ3) is 2.23. The van der Waals surface area contributed by atoms with Gasteiger partial charge in [-0.25, -0.2) is 9.97 Å².